The van der Waals surface area contributed by atoms with Crippen LogP contribution in [-0.4, -0.2) is 25.8 Å². The molecule has 1 N–H and O–H groups in total. The summed E-state index contributed by atoms with van der Waals surface area (Å²) < 4.78 is 1.89. The molecule has 0 aliphatic carbocycles. The highest BCUT2D eigenvalue weighted by Gasteiger charge is 2.25. The minimum atomic E-state index is -0.796. The highest BCUT2D eigenvalue weighted by Crippen LogP contribution is 2.26. The Morgan fingerprint density at radius 3 is 2.63 bits per heavy atom. The Morgan fingerprint density at radius 1 is 1.32 bits per heavy atom. The number of carbonyl (C=O) groups is 1. The number of para-hydroxylation sites is 1. The van der Waals surface area contributed by atoms with Crippen molar-refractivity contribution in [3.8, 4) is 5.69 Å². The van der Waals surface area contributed by atoms with Gasteiger partial charge in [0.05, 0.1) is 6.42 Å². The highest BCUT2D eigenvalue weighted by atomic mass is 16.4. The van der Waals surface area contributed by atoms with Gasteiger partial charge in [0.1, 0.15) is 12.2 Å². The summed E-state index contributed by atoms with van der Waals surface area (Å²) in [7, 11) is 0. The minimum Gasteiger partial charge on any atom is -0.481 e. The van der Waals surface area contributed by atoms with Crippen molar-refractivity contribution in [2.24, 2.45) is 5.41 Å². The van der Waals surface area contributed by atoms with E-state index in [-0.39, 0.29) is 11.8 Å². The van der Waals surface area contributed by atoms with Crippen molar-refractivity contribution < 1.29 is 9.90 Å². The molecule has 0 saturated heterocycles. The molecule has 19 heavy (non-hydrogen) atoms. The van der Waals surface area contributed by atoms with Gasteiger partial charge in [-0.2, -0.15) is 0 Å². The summed E-state index contributed by atoms with van der Waals surface area (Å²) in [5.74, 6) is -0.0202. The van der Waals surface area contributed by atoms with Crippen LogP contribution in [0.25, 0.3) is 5.69 Å². The van der Waals surface area contributed by atoms with Crippen molar-refractivity contribution in [3.63, 3.8) is 0 Å². The summed E-state index contributed by atoms with van der Waals surface area (Å²) in [6.07, 6.45) is 2.32. The Morgan fingerprint density at radius 2 is 2.00 bits per heavy atom. The number of aromatic nitrogens is 3. The van der Waals surface area contributed by atoms with Gasteiger partial charge in [-0.15, -0.1) is 10.2 Å². The second-order valence-electron chi connectivity index (χ2n) is 5.36. The molecule has 1 aromatic carbocycles. The Balaban J connectivity index is 2.24. The van der Waals surface area contributed by atoms with Crippen molar-refractivity contribution in [2.75, 3.05) is 0 Å². The SMILES string of the molecule is CC(C)(CC(=O)O)Cc1nncn1-c1ccccc1. The first-order chi connectivity index (χ1) is 8.98. The maximum Gasteiger partial charge on any atom is 0.303 e. The normalized spacial score (nSPS) is 11.5. The molecule has 0 unspecified atom stereocenters. The number of carboxylic acid groups (broad SMARTS) is 1. The van der Waals surface area contributed by atoms with Crippen LogP contribution in [0.15, 0.2) is 36.7 Å². The summed E-state index contributed by atoms with van der Waals surface area (Å²) >= 11 is 0. The third-order valence-electron chi connectivity index (χ3n) is 2.92. The lowest BCUT2D eigenvalue weighted by molar-refractivity contribution is -0.139. The third-order valence-corrected chi connectivity index (χ3v) is 2.92. The zero-order chi connectivity index (χ0) is 13.9. The van der Waals surface area contributed by atoms with E-state index in [1.807, 2.05) is 48.7 Å². The van der Waals surface area contributed by atoms with Gasteiger partial charge in [0.15, 0.2) is 0 Å². The lowest BCUT2D eigenvalue weighted by Crippen LogP contribution is -2.21. The molecule has 2 rings (SSSR count). The molecule has 5 nitrogen and oxygen atoms in total. The predicted octanol–water partition coefficient (Wildman–Crippen LogP) is 2.31. The molecular weight excluding hydrogens is 242 g/mol. The first-order valence-corrected chi connectivity index (χ1v) is 6.14. The van der Waals surface area contributed by atoms with Gasteiger partial charge in [-0.25, -0.2) is 0 Å². The van der Waals surface area contributed by atoms with E-state index in [0.717, 1.165) is 11.5 Å². The second kappa shape index (κ2) is 5.22. The molecule has 1 heterocycles. The van der Waals surface area contributed by atoms with E-state index in [9.17, 15) is 4.79 Å². The largest absolute Gasteiger partial charge is 0.481 e. The van der Waals surface area contributed by atoms with E-state index in [4.69, 9.17) is 5.11 Å². The molecule has 0 saturated carbocycles. The first kappa shape index (κ1) is 13.3. The summed E-state index contributed by atoms with van der Waals surface area (Å²) in [6, 6.07) is 9.78. The molecule has 0 radical (unpaired) electrons. The van der Waals surface area contributed by atoms with Gasteiger partial charge < -0.3 is 5.11 Å². The van der Waals surface area contributed by atoms with Crippen LogP contribution in [0.4, 0.5) is 0 Å². The number of nitrogens with zero attached hydrogens (tertiary/aromatic N) is 3. The van der Waals surface area contributed by atoms with Gasteiger partial charge in [-0.1, -0.05) is 32.0 Å². The van der Waals surface area contributed by atoms with Gasteiger partial charge in [0.25, 0.3) is 0 Å². The average molecular weight is 259 g/mol. The Labute approximate surface area is 111 Å². The summed E-state index contributed by atoms with van der Waals surface area (Å²) in [4.78, 5) is 10.9. The molecule has 0 bridgehead atoms. The second-order valence-corrected chi connectivity index (χ2v) is 5.36. The fraction of sp³-hybridized carbons (Fsp3) is 0.357. The van der Waals surface area contributed by atoms with Crippen LogP contribution in [0.3, 0.4) is 0 Å². The smallest absolute Gasteiger partial charge is 0.303 e. The van der Waals surface area contributed by atoms with Crippen molar-refractivity contribution in [3.05, 3.63) is 42.5 Å². The number of hydrogen-bond acceptors (Lipinski definition) is 3. The van der Waals surface area contributed by atoms with E-state index >= 15 is 0 Å². The molecule has 0 atom stereocenters. The topological polar surface area (TPSA) is 68.0 Å². The Hall–Kier alpha value is -2.17. The van der Waals surface area contributed by atoms with Crippen LogP contribution in [-0.2, 0) is 11.2 Å². The zero-order valence-corrected chi connectivity index (χ0v) is 11.1. The number of carboxylic acids is 1. The third kappa shape index (κ3) is 3.40. The average Bonchev–Trinajstić information content (AvgIpc) is 2.75. The standard InChI is InChI=1S/C14H17N3O2/c1-14(2,9-13(18)19)8-12-16-15-10-17(12)11-6-4-3-5-7-11/h3-7,10H,8-9H2,1-2H3,(H,18,19). The number of rotatable bonds is 5. The van der Waals surface area contributed by atoms with E-state index < -0.39 is 5.97 Å². The highest BCUT2D eigenvalue weighted by molar-refractivity contribution is 5.67. The molecule has 100 valence electrons. The fourth-order valence-corrected chi connectivity index (χ4v) is 2.08. The summed E-state index contributed by atoms with van der Waals surface area (Å²) in [6.45, 7) is 3.84. The molecular formula is C14H17N3O2. The minimum absolute atomic E-state index is 0.106. The Kier molecular flexibility index (Phi) is 3.64. The van der Waals surface area contributed by atoms with E-state index in [1.165, 1.54) is 0 Å². The molecule has 2 aromatic rings. The van der Waals surface area contributed by atoms with Crippen LogP contribution in [0, 0.1) is 5.41 Å². The van der Waals surface area contributed by atoms with Gasteiger partial charge >= 0.3 is 5.97 Å². The maximum atomic E-state index is 10.9. The quantitative estimate of drug-likeness (QED) is 0.894. The molecule has 5 heteroatoms. The fourth-order valence-electron chi connectivity index (χ4n) is 2.08. The molecule has 0 fully saturated rings. The van der Waals surface area contributed by atoms with Crippen LogP contribution in [0.5, 0.6) is 0 Å². The van der Waals surface area contributed by atoms with Gasteiger partial charge in [0, 0.05) is 12.1 Å². The van der Waals surface area contributed by atoms with Crippen molar-refractivity contribution in [1.82, 2.24) is 14.8 Å². The predicted molar refractivity (Wildman–Crippen MR) is 71.1 cm³/mol. The monoisotopic (exact) mass is 259 g/mol. The lowest BCUT2D eigenvalue weighted by Gasteiger charge is -2.21. The Bertz CT molecular complexity index is 561. The van der Waals surface area contributed by atoms with E-state index in [1.54, 1.807) is 6.33 Å². The molecule has 0 spiro atoms. The molecule has 0 aliphatic rings. The number of hydrogen-bond donors (Lipinski definition) is 1. The van der Waals surface area contributed by atoms with Crippen LogP contribution in [0.2, 0.25) is 0 Å². The van der Waals surface area contributed by atoms with Crippen molar-refractivity contribution >= 4 is 5.97 Å². The molecule has 1 aromatic heterocycles. The first-order valence-electron chi connectivity index (χ1n) is 6.14. The van der Waals surface area contributed by atoms with E-state index in [0.29, 0.717) is 6.42 Å². The van der Waals surface area contributed by atoms with Gasteiger partial charge in [-0.05, 0) is 17.5 Å². The van der Waals surface area contributed by atoms with Crippen LogP contribution >= 0.6 is 0 Å². The lowest BCUT2D eigenvalue weighted by atomic mass is 9.85. The summed E-state index contributed by atoms with van der Waals surface area (Å²) in [5.41, 5.74) is 0.624. The maximum absolute atomic E-state index is 10.9. The molecule has 0 amide bonds. The molecule has 0 aliphatic heterocycles. The zero-order valence-electron chi connectivity index (χ0n) is 11.1. The number of aliphatic carboxylic acids is 1. The summed E-state index contributed by atoms with van der Waals surface area (Å²) in [5, 5.41) is 17.0. The van der Waals surface area contributed by atoms with Gasteiger partial charge in [-0.3, -0.25) is 9.36 Å². The van der Waals surface area contributed by atoms with Crippen LogP contribution < -0.4 is 0 Å². The van der Waals surface area contributed by atoms with E-state index in [2.05, 4.69) is 10.2 Å². The van der Waals surface area contributed by atoms with Gasteiger partial charge in [0.2, 0.25) is 0 Å². The number of benzene rings is 1. The van der Waals surface area contributed by atoms with Crippen molar-refractivity contribution in [1.29, 1.82) is 0 Å². The van der Waals surface area contributed by atoms with Crippen LogP contribution in [0.1, 0.15) is 26.1 Å². The van der Waals surface area contributed by atoms with Crippen molar-refractivity contribution in [2.45, 2.75) is 26.7 Å².